The fourth-order valence-corrected chi connectivity index (χ4v) is 0. The van der Waals surface area contributed by atoms with Gasteiger partial charge in [-0.15, -0.1) is 0 Å². The summed E-state index contributed by atoms with van der Waals surface area (Å²) in [5.41, 5.74) is 0. The van der Waals surface area contributed by atoms with Crippen LogP contribution in [0.15, 0.2) is 0 Å². The van der Waals surface area contributed by atoms with Gasteiger partial charge >= 0.3 is 0 Å². The minimum atomic E-state index is 0. The Morgan fingerprint density at radius 1 is 0.333 bits per heavy atom. The van der Waals surface area contributed by atoms with Gasteiger partial charge in [-0.25, -0.2) is 0 Å². The Balaban J connectivity index is 0. The van der Waals surface area contributed by atoms with Gasteiger partial charge in [-0.2, -0.15) is 9.90 Å². The molecule has 0 aliphatic carbocycles. The van der Waals surface area contributed by atoms with Crippen molar-refractivity contribution in [1.29, 1.82) is 0 Å². The summed E-state index contributed by atoms with van der Waals surface area (Å²) >= 11 is 0. The first-order chi connectivity index (χ1) is 0. The third kappa shape index (κ3) is 282. The predicted molar refractivity (Wildman–Crippen MR) is 44.8 cm³/mol. The van der Waals surface area contributed by atoms with E-state index in [4.69, 9.17) is 0 Å². The Morgan fingerprint density at radius 2 is 0.333 bits per heavy atom. The second kappa shape index (κ2) is 576. The molecule has 0 rings (SSSR count). The monoisotopic (exact) mass is 114 g/mol. The molecule has 0 heterocycles. The van der Waals surface area contributed by atoms with Crippen LogP contribution in [0.5, 0.6) is 0 Å². The summed E-state index contributed by atoms with van der Waals surface area (Å²) in [6.07, 6.45) is 0. The Hall–Kier alpha value is 0.430. The fourth-order valence-electron chi connectivity index (χ4n) is 0. The lowest BCUT2D eigenvalue weighted by Gasteiger charge is -0.153. The van der Waals surface area contributed by atoms with Crippen LogP contribution in [-0.2, 0) is 0 Å². The lowest BCUT2D eigenvalue weighted by molar-refractivity contribution is 2.50. The van der Waals surface area contributed by atoms with Crippen LogP contribution in [0.4, 0.5) is 0 Å². The topological polar surface area (TPSA) is 0 Å². The summed E-state index contributed by atoms with van der Waals surface area (Å²) in [6.45, 7) is 0. The van der Waals surface area contributed by atoms with Crippen molar-refractivity contribution in [3.63, 3.8) is 0 Å². The van der Waals surface area contributed by atoms with E-state index in [9.17, 15) is 0 Å². The summed E-state index contributed by atoms with van der Waals surface area (Å²) in [6, 6.07) is 0. The van der Waals surface area contributed by atoms with Crippen molar-refractivity contribution in [2.75, 3.05) is 0 Å². The highest BCUT2D eigenvalue weighted by atomic mass is 31.0. The van der Waals surface area contributed by atoms with Crippen LogP contribution in [0.1, 0.15) is 37.1 Å². The van der Waals surface area contributed by atoms with E-state index in [0.717, 1.165) is 0 Å². The SMILES string of the molecule is C.C.C.C.C.P. The molecule has 0 N–H and O–H groups in total. The van der Waals surface area contributed by atoms with E-state index < -0.39 is 0 Å². The van der Waals surface area contributed by atoms with E-state index in [1.807, 2.05) is 0 Å². The molecule has 0 aliphatic rings. The lowest BCUT2D eigenvalue weighted by Crippen LogP contribution is 0.143. The molecule has 0 saturated carbocycles. The van der Waals surface area contributed by atoms with Gasteiger partial charge in [0.05, 0.1) is 0 Å². The zero-order valence-corrected chi connectivity index (χ0v) is 2.12. The minimum absolute atomic E-state index is 0. The van der Waals surface area contributed by atoms with Gasteiger partial charge in [0.25, 0.3) is 0 Å². The largest absolute Gasteiger partial charge is 0.153 e. The average Bonchev–Trinajstić information content (AvgIpc) is 0. The summed E-state index contributed by atoms with van der Waals surface area (Å²) in [5, 5.41) is 0. The molecule has 0 aromatic rings. The van der Waals surface area contributed by atoms with Gasteiger partial charge in [-0.05, 0) is 0 Å². The fraction of sp³-hybridized carbons (Fsp3) is 1.00. The van der Waals surface area contributed by atoms with Gasteiger partial charge in [0.1, 0.15) is 0 Å². The third-order valence-corrected chi connectivity index (χ3v) is 0. The first-order valence-electron chi connectivity index (χ1n) is 0. The summed E-state index contributed by atoms with van der Waals surface area (Å²) in [4.78, 5) is 0. The average molecular weight is 114 g/mol. The molecule has 0 aliphatic heterocycles. The number of hydrogen-bond donors (Lipinski definition) is 0. The van der Waals surface area contributed by atoms with Crippen molar-refractivity contribution < 1.29 is 0 Å². The molecule has 1 heteroatoms. The highest BCUT2D eigenvalue weighted by molar-refractivity contribution is 6.92. The smallest absolute Gasteiger partial charge is 0.0776 e. The van der Waals surface area contributed by atoms with Gasteiger partial charge < -0.3 is 0 Å². The maximum atomic E-state index is 0. The molecule has 0 aromatic carbocycles. The highest BCUT2D eigenvalue weighted by Crippen LogP contribution is 0.861. The predicted octanol–water partition coefficient (Wildman–Crippen LogP) is 3.24. The second-order valence-corrected chi connectivity index (χ2v) is 0. The molecule has 0 nitrogen and oxygen atoms in total. The van der Waals surface area contributed by atoms with Gasteiger partial charge in [-0.3, -0.25) is 0 Å². The quantitative estimate of drug-likeness (QED) is 0.424. The van der Waals surface area contributed by atoms with E-state index >= 15 is 0 Å². The molecular formula is C5H23P. The van der Waals surface area contributed by atoms with Crippen LogP contribution in [0.25, 0.3) is 0 Å². The van der Waals surface area contributed by atoms with Crippen molar-refractivity contribution in [2.24, 2.45) is 0 Å². The Kier molecular flexibility index (Phi) is 98500. The Bertz CT molecular complexity index is 3.90. The van der Waals surface area contributed by atoms with Crippen LogP contribution < -0.4 is 0 Å². The molecule has 1 unspecified atom stereocenters. The van der Waals surface area contributed by atoms with Crippen LogP contribution in [-0.4, -0.2) is 0 Å². The molecular weight excluding hydrogens is 91.0 g/mol. The van der Waals surface area contributed by atoms with Crippen LogP contribution >= 0.6 is 9.90 Å². The normalized spacial score (nSPS) is 0. The van der Waals surface area contributed by atoms with Crippen molar-refractivity contribution >= 4 is 9.90 Å². The van der Waals surface area contributed by atoms with E-state index in [1.165, 1.54) is 0 Å². The molecule has 0 bridgehead atoms. The summed E-state index contributed by atoms with van der Waals surface area (Å²) < 4.78 is 0. The van der Waals surface area contributed by atoms with E-state index in [0.29, 0.717) is 0 Å². The highest BCUT2D eigenvalue weighted by Gasteiger charge is -0.0735. The molecule has 0 amide bonds. The molecule has 48 valence electrons. The molecule has 6 heavy (non-hydrogen) atoms. The first-order valence-corrected chi connectivity index (χ1v) is 0. The molecule has 0 aromatic heterocycles. The molecule has 0 radical (unpaired) electrons. The first kappa shape index (κ1) is 1030. The Morgan fingerprint density at radius 3 is 0.333 bits per heavy atom. The van der Waals surface area contributed by atoms with Crippen LogP contribution in [0, 0.1) is 0 Å². The minimum Gasteiger partial charge on any atom is -0.153 e. The van der Waals surface area contributed by atoms with Crippen LogP contribution in [0.3, 0.4) is 0 Å². The van der Waals surface area contributed by atoms with E-state index in [1.54, 1.807) is 0 Å². The molecule has 0 saturated heterocycles. The molecule has 0 spiro atoms. The van der Waals surface area contributed by atoms with Crippen LogP contribution in [0.2, 0.25) is 0 Å². The standard InChI is InChI=1S/5CH4.H3P/h5*1H4;1H3. The number of rotatable bonds is 0. The second-order valence-electron chi connectivity index (χ2n) is 0. The van der Waals surface area contributed by atoms with Gasteiger partial charge in [0.15, 0.2) is 0 Å². The zero-order valence-electron chi connectivity index (χ0n) is 0.707. The van der Waals surface area contributed by atoms with Crippen molar-refractivity contribution in [1.82, 2.24) is 0 Å². The van der Waals surface area contributed by atoms with Gasteiger partial charge in [0.2, 0.25) is 0 Å². The molecule has 0 fully saturated rings. The maximum absolute atomic E-state index is 0. The van der Waals surface area contributed by atoms with Gasteiger partial charge in [-0.1, -0.05) is 37.1 Å². The van der Waals surface area contributed by atoms with Crippen molar-refractivity contribution in [3.05, 3.63) is 0 Å². The molecule has 1 atom stereocenters. The zero-order chi connectivity index (χ0) is 0. The third-order valence-electron chi connectivity index (χ3n) is 0. The van der Waals surface area contributed by atoms with E-state index in [2.05, 4.69) is 0 Å². The van der Waals surface area contributed by atoms with Gasteiger partial charge in [0, 0.05) is 0 Å². The summed E-state index contributed by atoms with van der Waals surface area (Å²) in [5.74, 6) is 0. The van der Waals surface area contributed by atoms with Crippen molar-refractivity contribution in [2.45, 2.75) is 37.1 Å². The van der Waals surface area contributed by atoms with E-state index in [-0.39, 0.29) is 47.0 Å². The Labute approximate surface area is 48.0 Å². The van der Waals surface area contributed by atoms with Crippen molar-refractivity contribution in [3.8, 4) is 0 Å². The lowest BCUT2D eigenvalue weighted by atomic mass is 12.0. The number of hydrogen-bond acceptors (Lipinski definition) is 0. The maximum Gasteiger partial charge on any atom is -0.0776 e. The summed E-state index contributed by atoms with van der Waals surface area (Å²) in [7, 11) is 0.